The Kier molecular flexibility index (Phi) is 4.78. The van der Waals surface area contributed by atoms with Crippen molar-refractivity contribution >= 4 is 71.8 Å². The van der Waals surface area contributed by atoms with Gasteiger partial charge in [0, 0.05) is 7.05 Å². The van der Waals surface area contributed by atoms with Crippen LogP contribution < -0.4 is 0 Å². The lowest BCUT2D eigenvalue weighted by molar-refractivity contribution is 0.533. The molecule has 3 aromatic rings. The number of rotatable bonds is 3. The van der Waals surface area contributed by atoms with Gasteiger partial charge in [-0.05, 0) is 33.1 Å². The quantitative estimate of drug-likeness (QED) is 0.550. The Morgan fingerprint density at radius 1 is 1.52 bits per heavy atom. The van der Waals surface area contributed by atoms with Crippen molar-refractivity contribution in [3.05, 3.63) is 31.5 Å². The molecular weight excluding hydrogens is 452 g/mol. The molecule has 1 aromatic carbocycles. The van der Waals surface area contributed by atoms with E-state index < -0.39 is 16.9 Å². The van der Waals surface area contributed by atoms with E-state index in [2.05, 4.69) is 26.0 Å². The Morgan fingerprint density at radius 3 is 2.87 bits per heavy atom. The Labute approximate surface area is 154 Å². The summed E-state index contributed by atoms with van der Waals surface area (Å²) >= 11 is 14.4. The van der Waals surface area contributed by atoms with Crippen LogP contribution in [0.25, 0.3) is 21.5 Å². The molecule has 11 heteroatoms. The largest absolute Gasteiger partial charge is 0.772 e. The summed E-state index contributed by atoms with van der Waals surface area (Å²) in [4.78, 5) is 4.21. The Balaban J connectivity index is 2.31. The first-order valence-electron chi connectivity index (χ1n) is 6.01. The summed E-state index contributed by atoms with van der Waals surface area (Å²) in [6, 6.07) is 1.14. The summed E-state index contributed by atoms with van der Waals surface area (Å²) in [7, 11) is 1.55. The highest BCUT2D eigenvalue weighted by atomic mass is 79.9. The highest BCUT2D eigenvalue weighted by Crippen LogP contribution is 2.42. The number of nitrogens with zero attached hydrogens (tertiary/aromatic N) is 3. The van der Waals surface area contributed by atoms with Crippen molar-refractivity contribution in [3.8, 4) is 11.3 Å². The zero-order valence-corrected chi connectivity index (χ0v) is 16.0. The molecule has 0 saturated heterocycles. The molecule has 0 radical (unpaired) electrons. The zero-order chi connectivity index (χ0) is 16.9. The summed E-state index contributed by atoms with van der Waals surface area (Å²) in [6.45, 7) is 0. The minimum atomic E-state index is -2.34. The lowest BCUT2D eigenvalue weighted by atomic mass is 10.1. The summed E-state index contributed by atoms with van der Waals surface area (Å²) in [5.74, 6) is -0.916. The number of fused-ring (bicyclic) bond motifs is 1. The number of thiazole rings is 1. The minimum absolute atomic E-state index is 0.0868. The molecule has 0 saturated carbocycles. The van der Waals surface area contributed by atoms with Gasteiger partial charge in [0.1, 0.15) is 17.0 Å². The molecular formula is C12H6BrCl2FN3O2S2-. The molecule has 2 heterocycles. The van der Waals surface area contributed by atoms with Gasteiger partial charge >= 0.3 is 0 Å². The fraction of sp³-hybridized carbons (Fsp3) is 0.167. The van der Waals surface area contributed by atoms with Crippen LogP contribution in [0.15, 0.2) is 9.98 Å². The third-order valence-electron chi connectivity index (χ3n) is 3.14. The average molecular weight is 458 g/mol. The maximum atomic E-state index is 14.5. The van der Waals surface area contributed by atoms with Crippen LogP contribution in [-0.4, -0.2) is 23.5 Å². The van der Waals surface area contributed by atoms with Gasteiger partial charge in [-0.15, -0.1) is 11.3 Å². The SMILES string of the molecule is Cn1nc(-c2c(F)cc(Cl)c3nc(Br)sc23)c(Cl)c1CS(=O)[O-]. The monoisotopic (exact) mass is 456 g/mol. The van der Waals surface area contributed by atoms with E-state index in [0.29, 0.717) is 14.1 Å². The van der Waals surface area contributed by atoms with E-state index in [0.717, 1.165) is 6.07 Å². The van der Waals surface area contributed by atoms with Crippen molar-refractivity contribution in [3.63, 3.8) is 0 Å². The van der Waals surface area contributed by atoms with Gasteiger partial charge in [-0.3, -0.25) is 8.89 Å². The third kappa shape index (κ3) is 3.06. The Hall–Kier alpha value is -0.580. The zero-order valence-electron chi connectivity index (χ0n) is 11.3. The molecule has 5 nitrogen and oxygen atoms in total. The number of benzene rings is 1. The average Bonchev–Trinajstić information content (AvgIpc) is 2.95. The standard InChI is InChI=1S/C12H7BrCl2FN3O2S2/c1-19-6(3-23(20)21)8(15)10(18-19)7-5(16)2-4(14)9-11(7)22-12(13)17-9/h2H,3H2,1H3,(H,20,21)/p-1. The van der Waals surface area contributed by atoms with Gasteiger partial charge in [0.2, 0.25) is 0 Å². The molecule has 0 aliphatic rings. The first-order chi connectivity index (χ1) is 10.8. The predicted molar refractivity (Wildman–Crippen MR) is 92.1 cm³/mol. The molecule has 23 heavy (non-hydrogen) atoms. The topological polar surface area (TPSA) is 70.8 Å². The second-order valence-electron chi connectivity index (χ2n) is 4.54. The van der Waals surface area contributed by atoms with Crippen molar-refractivity contribution in [1.82, 2.24) is 14.8 Å². The Bertz CT molecular complexity index is 960. The number of hydrogen-bond acceptors (Lipinski definition) is 5. The van der Waals surface area contributed by atoms with Gasteiger partial charge in [0.25, 0.3) is 0 Å². The maximum Gasteiger partial charge on any atom is 0.160 e. The van der Waals surface area contributed by atoms with Gasteiger partial charge in [0.15, 0.2) is 3.92 Å². The molecule has 0 spiro atoms. The highest BCUT2D eigenvalue weighted by molar-refractivity contribution is 9.11. The van der Waals surface area contributed by atoms with Crippen molar-refractivity contribution in [2.75, 3.05) is 0 Å². The Morgan fingerprint density at radius 2 is 2.22 bits per heavy atom. The van der Waals surface area contributed by atoms with Gasteiger partial charge in [0.05, 0.1) is 31.8 Å². The normalized spacial score (nSPS) is 13.0. The molecule has 0 aliphatic heterocycles. The molecule has 0 bridgehead atoms. The van der Waals surface area contributed by atoms with Crippen LogP contribution in [0.4, 0.5) is 4.39 Å². The molecule has 0 N–H and O–H groups in total. The fourth-order valence-electron chi connectivity index (χ4n) is 2.17. The number of hydrogen-bond donors (Lipinski definition) is 0. The number of halogens is 4. The second kappa shape index (κ2) is 6.38. The van der Waals surface area contributed by atoms with E-state index in [4.69, 9.17) is 23.2 Å². The predicted octanol–water partition coefficient (Wildman–Crippen LogP) is 4.28. The van der Waals surface area contributed by atoms with Crippen LogP contribution in [0.5, 0.6) is 0 Å². The highest BCUT2D eigenvalue weighted by Gasteiger charge is 2.24. The van der Waals surface area contributed by atoms with E-state index in [9.17, 15) is 13.2 Å². The van der Waals surface area contributed by atoms with Crippen LogP contribution in [-0.2, 0) is 23.9 Å². The van der Waals surface area contributed by atoms with Crippen molar-refractivity contribution < 1.29 is 13.2 Å². The number of aryl methyl sites for hydroxylation is 1. The third-order valence-corrected chi connectivity index (χ3v) is 5.86. The lowest BCUT2D eigenvalue weighted by Gasteiger charge is -2.05. The van der Waals surface area contributed by atoms with E-state index in [1.54, 1.807) is 7.05 Å². The minimum Gasteiger partial charge on any atom is -0.772 e. The van der Waals surface area contributed by atoms with Crippen LogP contribution in [0, 0.1) is 5.82 Å². The molecule has 1 atom stereocenters. The van der Waals surface area contributed by atoms with E-state index in [-0.39, 0.29) is 32.7 Å². The molecule has 3 rings (SSSR count). The summed E-state index contributed by atoms with van der Waals surface area (Å²) in [5.41, 5.74) is 1.01. The lowest BCUT2D eigenvalue weighted by Crippen LogP contribution is -2.02. The van der Waals surface area contributed by atoms with Crippen LogP contribution in [0.2, 0.25) is 10.0 Å². The summed E-state index contributed by atoms with van der Waals surface area (Å²) < 4.78 is 38.7. The number of aromatic nitrogens is 3. The van der Waals surface area contributed by atoms with Gasteiger partial charge < -0.3 is 4.55 Å². The van der Waals surface area contributed by atoms with Crippen LogP contribution >= 0.6 is 50.5 Å². The molecule has 1 unspecified atom stereocenters. The van der Waals surface area contributed by atoms with Gasteiger partial charge in [-0.25, -0.2) is 9.37 Å². The van der Waals surface area contributed by atoms with Crippen LogP contribution in [0.3, 0.4) is 0 Å². The fourth-order valence-corrected chi connectivity index (χ4v) is 4.93. The van der Waals surface area contributed by atoms with Crippen molar-refractivity contribution in [2.45, 2.75) is 5.75 Å². The molecule has 2 aromatic heterocycles. The smallest absolute Gasteiger partial charge is 0.160 e. The van der Waals surface area contributed by atoms with Gasteiger partial charge in [-0.2, -0.15) is 5.10 Å². The first kappa shape index (κ1) is 17.2. The summed E-state index contributed by atoms with van der Waals surface area (Å²) in [5, 5.41) is 4.44. The van der Waals surface area contributed by atoms with Crippen LogP contribution in [0.1, 0.15) is 5.69 Å². The summed E-state index contributed by atoms with van der Waals surface area (Å²) in [6.07, 6.45) is 0. The van der Waals surface area contributed by atoms with E-state index in [1.165, 1.54) is 16.0 Å². The van der Waals surface area contributed by atoms with Crippen molar-refractivity contribution in [1.29, 1.82) is 0 Å². The van der Waals surface area contributed by atoms with E-state index in [1.807, 2.05) is 0 Å². The van der Waals surface area contributed by atoms with E-state index >= 15 is 0 Å². The molecule has 0 fully saturated rings. The van der Waals surface area contributed by atoms with Crippen molar-refractivity contribution in [2.24, 2.45) is 7.05 Å². The molecule has 122 valence electrons. The molecule has 0 amide bonds. The first-order valence-corrected chi connectivity index (χ1v) is 9.62. The second-order valence-corrected chi connectivity index (χ2v) is 8.50. The molecule has 0 aliphatic carbocycles. The van der Waals surface area contributed by atoms with Gasteiger partial charge in [-0.1, -0.05) is 23.2 Å². The maximum absolute atomic E-state index is 14.5.